The van der Waals surface area contributed by atoms with Gasteiger partial charge in [-0.2, -0.15) is 45.9 Å². The third-order valence-electron chi connectivity index (χ3n) is 13.3. The molecule has 0 amide bonds. The molecule has 0 radical (unpaired) electrons. The number of hydrogen-bond acceptors (Lipinski definition) is 9. The molecule has 9 N–H and O–H groups in total. The van der Waals surface area contributed by atoms with Crippen molar-refractivity contribution in [2.75, 3.05) is 0 Å². The SMILES string of the molecule is Cc1n[nH]c(C)c1B(c1c(C)n[nH]c1C)c1c(C)n[nH]c1C.Cc1n[nH]c(C)c1B(c1c(C)n[nH]c1C)c1c(C)n[nH]c1C.Cc1n[nH]c(C)c1B(c1c(C)n[nH]c1C)c1c(C)n[nH]c1C.Cl.Cl.Cl.[Ti]. The summed E-state index contributed by atoms with van der Waals surface area (Å²) in [6, 6.07) is 0. The molecule has 0 aliphatic rings. The molecule has 9 aromatic heterocycles. The summed E-state index contributed by atoms with van der Waals surface area (Å²) in [5.74, 6) is 0. The van der Waals surface area contributed by atoms with E-state index in [1.54, 1.807) is 0 Å². The summed E-state index contributed by atoms with van der Waals surface area (Å²) in [7, 11) is 0. The second-order valence-electron chi connectivity index (χ2n) is 17.9. The number of aromatic nitrogens is 18. The van der Waals surface area contributed by atoms with Gasteiger partial charge in [0, 0.05) is 73.0 Å². The van der Waals surface area contributed by atoms with Gasteiger partial charge in [-0.1, -0.05) is 0 Å². The second-order valence-corrected chi connectivity index (χ2v) is 17.9. The zero-order valence-corrected chi connectivity index (χ0v) is 47.5. The number of nitrogens with one attached hydrogen (secondary N) is 9. The van der Waals surface area contributed by atoms with Gasteiger partial charge in [-0.15, -0.1) is 37.2 Å². The summed E-state index contributed by atoms with van der Waals surface area (Å²) in [5, 5.41) is 67.5. The molecule has 18 nitrogen and oxygen atoms in total. The Hall–Kier alpha value is -5.33. The van der Waals surface area contributed by atoms with Crippen LogP contribution in [0.3, 0.4) is 0 Å². The molecule has 9 heterocycles. The van der Waals surface area contributed by atoms with E-state index in [1.165, 1.54) is 49.2 Å². The van der Waals surface area contributed by atoms with Crippen molar-refractivity contribution < 1.29 is 21.7 Å². The Morgan fingerprint density at radius 1 is 0.200 bits per heavy atom. The van der Waals surface area contributed by atoms with Crippen molar-refractivity contribution in [2.24, 2.45) is 0 Å². The van der Waals surface area contributed by atoms with E-state index < -0.39 is 0 Å². The maximum Gasteiger partial charge on any atom is 0.255 e. The fourth-order valence-corrected chi connectivity index (χ4v) is 10.2. The summed E-state index contributed by atoms with van der Waals surface area (Å²) >= 11 is 0. The molecular weight excluding hydrogens is 979 g/mol. The van der Waals surface area contributed by atoms with Gasteiger partial charge >= 0.3 is 0 Å². The molecule has 0 aliphatic heterocycles. The first-order valence-electron chi connectivity index (χ1n) is 22.4. The molecule has 0 bridgehead atoms. The van der Waals surface area contributed by atoms with Crippen LogP contribution in [-0.2, 0) is 21.7 Å². The first-order valence-corrected chi connectivity index (χ1v) is 22.4. The minimum Gasteiger partial charge on any atom is -0.283 e. The van der Waals surface area contributed by atoms with Crippen molar-refractivity contribution in [2.45, 2.75) is 125 Å². The molecule has 0 spiro atoms. The average molecular weight is 1050 g/mol. The molecule has 0 saturated heterocycles. The van der Waals surface area contributed by atoms with Gasteiger partial charge in [0.05, 0.1) is 51.2 Å². The topological polar surface area (TPSA) is 258 Å². The van der Waals surface area contributed by atoms with Gasteiger partial charge in [0.25, 0.3) is 20.1 Å². The predicted octanol–water partition coefficient (Wildman–Crippen LogP) is 1.93. The summed E-state index contributed by atoms with van der Waals surface area (Å²) in [4.78, 5) is 0. The molecule has 9 rings (SSSR count). The third-order valence-corrected chi connectivity index (χ3v) is 13.3. The maximum atomic E-state index is 4.39. The molecule has 0 unspecified atom stereocenters. The van der Waals surface area contributed by atoms with Crippen LogP contribution in [0.25, 0.3) is 0 Å². The van der Waals surface area contributed by atoms with Crippen LogP contribution < -0.4 is 49.2 Å². The molecule has 25 heteroatoms. The minimum atomic E-state index is 0. The van der Waals surface area contributed by atoms with Crippen molar-refractivity contribution >= 4 is 107 Å². The number of rotatable bonds is 9. The zero-order chi connectivity index (χ0) is 48.0. The summed E-state index contributed by atoms with van der Waals surface area (Å²) in [6.07, 6.45) is 0. The van der Waals surface area contributed by atoms with E-state index in [1.807, 2.05) is 62.3 Å². The van der Waals surface area contributed by atoms with Gasteiger partial charge < -0.3 is 0 Å². The van der Waals surface area contributed by atoms with Crippen molar-refractivity contribution in [3.8, 4) is 0 Å². The molecule has 0 aliphatic carbocycles. The third kappa shape index (κ3) is 10.9. The van der Waals surface area contributed by atoms with Crippen molar-refractivity contribution in [1.82, 2.24) is 91.8 Å². The standard InChI is InChI=1S/3C15H21BN6.3ClH.Ti/c3*1-7-13(8(2)18-17-7)16(14-9(3)19-20-10(14)4)15-11(5)21-22-12(15)6;;;;/h3*1-6H3,(H,17,18)(H,19,20)(H,21,22);3*1H;. The van der Waals surface area contributed by atoms with Crippen molar-refractivity contribution in [3.05, 3.63) is 102 Å². The van der Waals surface area contributed by atoms with Gasteiger partial charge in [-0.3, -0.25) is 45.9 Å². The fourth-order valence-electron chi connectivity index (χ4n) is 10.2. The van der Waals surface area contributed by atoms with Gasteiger partial charge in [0.2, 0.25) is 0 Å². The van der Waals surface area contributed by atoms with E-state index in [0.29, 0.717) is 0 Å². The van der Waals surface area contributed by atoms with E-state index in [0.717, 1.165) is 102 Å². The number of nitrogens with zero attached hydrogens (tertiary/aromatic N) is 9. The Labute approximate surface area is 444 Å². The Morgan fingerprint density at radius 2 is 0.286 bits per heavy atom. The Kier molecular flexibility index (Phi) is 20.0. The fraction of sp³-hybridized carbons (Fsp3) is 0.400. The van der Waals surface area contributed by atoms with Crippen LogP contribution in [0.4, 0.5) is 0 Å². The van der Waals surface area contributed by atoms with E-state index >= 15 is 0 Å². The molecule has 0 aromatic carbocycles. The molecule has 370 valence electrons. The van der Waals surface area contributed by atoms with E-state index in [2.05, 4.69) is 154 Å². The van der Waals surface area contributed by atoms with Crippen LogP contribution >= 0.6 is 37.2 Å². The number of halogens is 3. The second kappa shape index (κ2) is 23.7. The summed E-state index contributed by atoms with van der Waals surface area (Å²) in [6.45, 7) is 37.2. The quantitative estimate of drug-likeness (QED) is 0.0957. The first kappa shape index (κ1) is 59.0. The number of aryl methyl sites for hydroxylation is 18. The van der Waals surface area contributed by atoms with Gasteiger partial charge in [0.15, 0.2) is 0 Å². The minimum absolute atomic E-state index is 0. The Morgan fingerprint density at radius 3 is 0.343 bits per heavy atom. The smallest absolute Gasteiger partial charge is 0.255 e. The predicted molar refractivity (Wildman–Crippen MR) is 288 cm³/mol. The van der Waals surface area contributed by atoms with Crippen LogP contribution in [0, 0.1) is 125 Å². The van der Waals surface area contributed by atoms with Gasteiger partial charge in [0.1, 0.15) is 0 Å². The van der Waals surface area contributed by atoms with Crippen LogP contribution in [0.15, 0.2) is 0 Å². The normalized spacial score (nSPS) is 10.5. The zero-order valence-electron chi connectivity index (χ0n) is 43.5. The van der Waals surface area contributed by atoms with E-state index in [-0.39, 0.29) is 79.1 Å². The van der Waals surface area contributed by atoms with Crippen LogP contribution in [0.5, 0.6) is 0 Å². The largest absolute Gasteiger partial charge is 0.283 e. The summed E-state index contributed by atoms with van der Waals surface area (Å²) in [5.41, 5.74) is 29.8. The summed E-state index contributed by atoms with van der Waals surface area (Å²) < 4.78 is 0. The first-order chi connectivity index (χ1) is 31.2. The number of hydrogen-bond donors (Lipinski definition) is 9. The van der Waals surface area contributed by atoms with Crippen molar-refractivity contribution in [1.29, 1.82) is 0 Å². The monoisotopic (exact) mass is 1040 g/mol. The van der Waals surface area contributed by atoms with Crippen molar-refractivity contribution in [3.63, 3.8) is 0 Å². The van der Waals surface area contributed by atoms with Gasteiger partial charge in [-0.25, -0.2) is 0 Å². The molecule has 0 fully saturated rings. The van der Waals surface area contributed by atoms with E-state index in [4.69, 9.17) is 0 Å². The Bertz CT molecular complexity index is 2330. The molecule has 0 saturated carbocycles. The molecule has 0 atom stereocenters. The number of aromatic amines is 9. The van der Waals surface area contributed by atoms with Crippen LogP contribution in [0.1, 0.15) is 102 Å². The van der Waals surface area contributed by atoms with Gasteiger partial charge in [-0.05, 0) is 174 Å². The number of H-pyrrole nitrogens is 9. The van der Waals surface area contributed by atoms with E-state index in [9.17, 15) is 0 Å². The van der Waals surface area contributed by atoms with Crippen LogP contribution in [0.2, 0.25) is 0 Å². The maximum absolute atomic E-state index is 4.39. The Balaban J connectivity index is 0.000000270. The average Bonchev–Trinajstić information content (AvgIpc) is 4.18. The van der Waals surface area contributed by atoms with Crippen LogP contribution in [-0.4, -0.2) is 112 Å². The molecule has 9 aromatic rings. The molecular formula is C45H66B3Cl3N18Ti. The molecule has 70 heavy (non-hydrogen) atoms.